The van der Waals surface area contributed by atoms with E-state index in [0.29, 0.717) is 5.56 Å². The number of amides is 3. The van der Waals surface area contributed by atoms with E-state index in [4.69, 9.17) is 5.73 Å². The number of carbonyl (C=O) groups excluding carboxylic acids is 3. The molecule has 0 bridgehead atoms. The number of hydrogen-bond acceptors (Lipinski definition) is 6. The first-order valence-electron chi connectivity index (χ1n) is 12.1. The lowest BCUT2D eigenvalue weighted by Gasteiger charge is -2.28. The highest BCUT2D eigenvalue weighted by Crippen LogP contribution is 2.08. The number of carboxylic acid groups (broad SMARTS) is 1. The number of nitrogens with two attached hydrogens (primary N) is 1. The smallest absolute Gasteiger partial charge is 0.326 e. The van der Waals surface area contributed by atoms with E-state index in [1.54, 1.807) is 44.2 Å². The minimum atomic E-state index is -1.44. The van der Waals surface area contributed by atoms with E-state index in [0.717, 1.165) is 5.56 Å². The van der Waals surface area contributed by atoms with E-state index in [-0.39, 0.29) is 18.8 Å². The van der Waals surface area contributed by atoms with Gasteiger partial charge < -0.3 is 31.9 Å². The Morgan fingerprint density at radius 2 is 1.19 bits per heavy atom. The summed E-state index contributed by atoms with van der Waals surface area (Å²) in [6, 6.07) is 13.3. The molecule has 2 aromatic carbocycles. The van der Waals surface area contributed by atoms with Crippen molar-refractivity contribution in [3.63, 3.8) is 0 Å². The molecule has 0 fully saturated rings. The van der Waals surface area contributed by atoms with Crippen LogP contribution in [0.15, 0.2) is 60.7 Å². The van der Waals surface area contributed by atoms with E-state index in [1.165, 1.54) is 6.92 Å². The molecular weight excluding hydrogens is 476 g/mol. The summed E-state index contributed by atoms with van der Waals surface area (Å²) in [6.45, 7) is 4.73. The van der Waals surface area contributed by atoms with Crippen LogP contribution in [0.25, 0.3) is 0 Å². The number of carboxylic acids is 1. The van der Waals surface area contributed by atoms with Crippen LogP contribution in [0, 0.1) is 5.92 Å². The lowest BCUT2D eigenvalue weighted by molar-refractivity contribution is -0.143. The molecule has 0 saturated carbocycles. The average molecular weight is 513 g/mol. The highest BCUT2D eigenvalue weighted by atomic mass is 16.4. The third-order valence-corrected chi connectivity index (χ3v) is 5.84. The molecule has 3 amide bonds. The first kappa shape index (κ1) is 29.5. The monoisotopic (exact) mass is 512 g/mol. The van der Waals surface area contributed by atoms with Gasteiger partial charge in [0.05, 0.1) is 12.1 Å². The standard InChI is InChI=1S/C27H36N4O6/c1-16(2)22(30-24(33)20(28)14-18-10-6-4-7-11-18)25(34)31-23(17(3)32)26(35)29-21(27(36)37)15-19-12-8-5-9-13-19/h4-13,16-17,20-23,32H,14-15,28H2,1-3H3,(H,29,35)(H,30,33)(H,31,34)(H,36,37)/t17-,20+,21+,22+,23+/m1/s1. The van der Waals surface area contributed by atoms with Crippen molar-refractivity contribution in [3.05, 3.63) is 71.8 Å². The van der Waals surface area contributed by atoms with Crippen molar-refractivity contribution < 1.29 is 29.4 Å². The van der Waals surface area contributed by atoms with Gasteiger partial charge in [-0.25, -0.2) is 4.79 Å². The number of aliphatic hydroxyl groups is 1. The minimum absolute atomic E-state index is 0.0202. The first-order valence-corrected chi connectivity index (χ1v) is 12.1. The van der Waals surface area contributed by atoms with Gasteiger partial charge in [-0.3, -0.25) is 14.4 Å². The Balaban J connectivity index is 2.06. The second-order valence-electron chi connectivity index (χ2n) is 9.34. The Hall–Kier alpha value is -3.76. The fourth-order valence-corrected chi connectivity index (χ4v) is 3.72. The highest BCUT2D eigenvalue weighted by Gasteiger charge is 2.33. The van der Waals surface area contributed by atoms with Gasteiger partial charge in [0.2, 0.25) is 17.7 Å². The van der Waals surface area contributed by atoms with Crippen LogP contribution in [0.1, 0.15) is 31.9 Å². The summed E-state index contributed by atoms with van der Waals surface area (Å²) in [5, 5.41) is 27.2. The number of hydrogen-bond donors (Lipinski definition) is 6. The summed E-state index contributed by atoms with van der Waals surface area (Å²) in [4.78, 5) is 50.4. The van der Waals surface area contributed by atoms with E-state index in [2.05, 4.69) is 16.0 Å². The van der Waals surface area contributed by atoms with Crippen LogP contribution in [0.4, 0.5) is 0 Å². The molecule has 200 valence electrons. The van der Waals surface area contributed by atoms with Crippen molar-refractivity contribution in [2.24, 2.45) is 11.7 Å². The second kappa shape index (κ2) is 14.1. The van der Waals surface area contributed by atoms with Gasteiger partial charge in [0.1, 0.15) is 18.1 Å². The van der Waals surface area contributed by atoms with Gasteiger partial charge in [-0.05, 0) is 30.4 Å². The lowest BCUT2D eigenvalue weighted by atomic mass is 10.00. The molecule has 0 aliphatic heterocycles. The molecule has 0 heterocycles. The van der Waals surface area contributed by atoms with Gasteiger partial charge in [-0.15, -0.1) is 0 Å². The number of benzene rings is 2. The van der Waals surface area contributed by atoms with Gasteiger partial charge in [-0.2, -0.15) is 0 Å². The largest absolute Gasteiger partial charge is 0.480 e. The second-order valence-corrected chi connectivity index (χ2v) is 9.34. The molecule has 0 unspecified atom stereocenters. The Labute approximate surface area is 216 Å². The average Bonchev–Trinajstić information content (AvgIpc) is 2.85. The van der Waals surface area contributed by atoms with Crippen LogP contribution in [-0.4, -0.2) is 64.2 Å². The van der Waals surface area contributed by atoms with Crippen molar-refractivity contribution in [2.45, 2.75) is 63.9 Å². The number of aliphatic hydroxyl groups excluding tert-OH is 1. The van der Waals surface area contributed by atoms with Gasteiger partial charge >= 0.3 is 5.97 Å². The quantitative estimate of drug-likeness (QED) is 0.225. The van der Waals surface area contributed by atoms with Gasteiger partial charge in [-0.1, -0.05) is 74.5 Å². The van der Waals surface area contributed by atoms with Crippen LogP contribution >= 0.6 is 0 Å². The molecule has 5 atom stereocenters. The van der Waals surface area contributed by atoms with Crippen LogP contribution in [0.3, 0.4) is 0 Å². The molecule has 0 saturated heterocycles. The zero-order valence-corrected chi connectivity index (χ0v) is 21.3. The first-order chi connectivity index (χ1) is 17.5. The minimum Gasteiger partial charge on any atom is -0.480 e. The predicted octanol–water partition coefficient (Wildman–Crippen LogP) is 0.375. The maximum Gasteiger partial charge on any atom is 0.326 e. The topological polar surface area (TPSA) is 171 Å². The third kappa shape index (κ3) is 9.32. The van der Waals surface area contributed by atoms with Crippen molar-refractivity contribution >= 4 is 23.7 Å². The summed E-state index contributed by atoms with van der Waals surface area (Å²) in [5.74, 6) is -3.72. The molecular formula is C27H36N4O6. The van der Waals surface area contributed by atoms with Gasteiger partial charge in [0.25, 0.3) is 0 Å². The Morgan fingerprint density at radius 3 is 1.65 bits per heavy atom. The third-order valence-electron chi connectivity index (χ3n) is 5.84. The van der Waals surface area contributed by atoms with E-state index in [9.17, 15) is 29.4 Å². The van der Waals surface area contributed by atoms with Crippen molar-refractivity contribution in [1.82, 2.24) is 16.0 Å². The van der Waals surface area contributed by atoms with Crippen LogP contribution in [-0.2, 0) is 32.0 Å². The fraction of sp³-hybridized carbons (Fsp3) is 0.407. The summed E-state index contributed by atoms with van der Waals surface area (Å²) in [6.07, 6.45) is -1.04. The Morgan fingerprint density at radius 1 is 0.730 bits per heavy atom. The molecule has 0 radical (unpaired) electrons. The number of nitrogens with one attached hydrogen (secondary N) is 3. The van der Waals surface area contributed by atoms with Crippen LogP contribution in [0.5, 0.6) is 0 Å². The van der Waals surface area contributed by atoms with Crippen LogP contribution in [0.2, 0.25) is 0 Å². The maximum atomic E-state index is 13.1. The predicted molar refractivity (Wildman–Crippen MR) is 138 cm³/mol. The maximum absolute atomic E-state index is 13.1. The Kier molecular flexibility index (Phi) is 11.2. The molecule has 7 N–H and O–H groups in total. The van der Waals surface area contributed by atoms with Crippen LogP contribution < -0.4 is 21.7 Å². The zero-order chi connectivity index (χ0) is 27.5. The van der Waals surface area contributed by atoms with Crippen molar-refractivity contribution in [2.75, 3.05) is 0 Å². The zero-order valence-electron chi connectivity index (χ0n) is 21.3. The molecule has 0 aliphatic rings. The molecule has 2 rings (SSSR count). The van der Waals surface area contributed by atoms with Gasteiger partial charge in [0, 0.05) is 6.42 Å². The van der Waals surface area contributed by atoms with E-state index in [1.807, 2.05) is 30.3 Å². The summed E-state index contributed by atoms with van der Waals surface area (Å²) in [5.41, 5.74) is 7.60. The number of rotatable bonds is 13. The molecule has 10 nitrogen and oxygen atoms in total. The van der Waals surface area contributed by atoms with E-state index >= 15 is 0 Å². The Bertz CT molecular complexity index is 1050. The lowest BCUT2D eigenvalue weighted by Crippen LogP contribution is -2.61. The molecule has 2 aromatic rings. The van der Waals surface area contributed by atoms with Crippen molar-refractivity contribution in [1.29, 1.82) is 0 Å². The van der Waals surface area contributed by atoms with E-state index < -0.39 is 54.0 Å². The normalized spacial score (nSPS) is 15.1. The SMILES string of the molecule is CC(C)[C@H](NC(=O)[C@@H](N)Cc1ccccc1)C(=O)N[C@H](C(=O)N[C@@H](Cc1ccccc1)C(=O)O)[C@@H](C)O. The fourth-order valence-electron chi connectivity index (χ4n) is 3.72. The molecule has 0 aliphatic carbocycles. The molecule has 0 spiro atoms. The number of carbonyl (C=O) groups is 4. The van der Waals surface area contributed by atoms with Crippen molar-refractivity contribution in [3.8, 4) is 0 Å². The number of aliphatic carboxylic acids is 1. The molecule has 0 aromatic heterocycles. The molecule has 10 heteroatoms. The summed E-state index contributed by atoms with van der Waals surface area (Å²) >= 11 is 0. The van der Waals surface area contributed by atoms with Gasteiger partial charge in [0.15, 0.2) is 0 Å². The highest BCUT2D eigenvalue weighted by molar-refractivity contribution is 5.94. The summed E-state index contributed by atoms with van der Waals surface area (Å²) < 4.78 is 0. The molecule has 37 heavy (non-hydrogen) atoms. The summed E-state index contributed by atoms with van der Waals surface area (Å²) in [7, 11) is 0.